The molecule has 0 amide bonds. The lowest BCUT2D eigenvalue weighted by molar-refractivity contribution is 0.0696. The van der Waals surface area contributed by atoms with E-state index < -0.39 is 5.97 Å². The number of nitrogens with two attached hydrogens (primary N) is 1. The van der Waals surface area contributed by atoms with Gasteiger partial charge in [0.25, 0.3) is 0 Å². The molecule has 0 aliphatic heterocycles. The van der Waals surface area contributed by atoms with Crippen molar-refractivity contribution in [2.24, 2.45) is 5.73 Å². The zero-order valence-corrected chi connectivity index (χ0v) is 10.9. The second-order valence-corrected chi connectivity index (χ2v) is 3.94. The van der Waals surface area contributed by atoms with Crippen LogP contribution in [0.2, 0.25) is 0 Å². The summed E-state index contributed by atoms with van der Waals surface area (Å²) in [5.74, 6) is 0.0381. The van der Waals surface area contributed by atoms with Gasteiger partial charge in [-0.3, -0.25) is 0 Å². The Morgan fingerprint density at radius 2 is 2.15 bits per heavy atom. The Morgan fingerprint density at radius 3 is 2.80 bits per heavy atom. The molecule has 2 aromatic rings. The van der Waals surface area contributed by atoms with E-state index in [0.29, 0.717) is 23.9 Å². The topological polar surface area (TPSA) is 94.7 Å². The molecule has 1 aromatic carbocycles. The Labute approximate surface area is 115 Å². The number of ether oxygens (including phenoxy) is 2. The summed E-state index contributed by atoms with van der Waals surface area (Å²) in [5, 5.41) is 8.94. The van der Waals surface area contributed by atoms with Gasteiger partial charge in [0.05, 0.1) is 12.7 Å². The number of benzene rings is 1. The number of methoxy groups -OCH3 is 1. The molecule has 0 unspecified atom stereocenters. The molecule has 0 bridgehead atoms. The standard InChI is InChI=1S/C14H14N2O4/c1-19-12-7-9(14(17)18)4-5-11(12)20-13-10(8-15)3-2-6-16-13/h2-7H,8,15H2,1H3,(H,17,18). The van der Waals surface area contributed by atoms with Crippen molar-refractivity contribution in [3.63, 3.8) is 0 Å². The first-order chi connectivity index (χ1) is 9.65. The van der Waals surface area contributed by atoms with E-state index in [1.165, 1.54) is 25.3 Å². The third-order valence-electron chi connectivity index (χ3n) is 2.69. The van der Waals surface area contributed by atoms with Crippen LogP contribution in [0.3, 0.4) is 0 Å². The van der Waals surface area contributed by atoms with Crippen LogP contribution in [-0.4, -0.2) is 23.2 Å². The summed E-state index contributed by atoms with van der Waals surface area (Å²) in [7, 11) is 1.44. The zero-order valence-electron chi connectivity index (χ0n) is 10.9. The van der Waals surface area contributed by atoms with Gasteiger partial charge in [-0.25, -0.2) is 9.78 Å². The lowest BCUT2D eigenvalue weighted by Crippen LogP contribution is -2.02. The van der Waals surface area contributed by atoms with Crippen LogP contribution in [0, 0.1) is 0 Å². The number of pyridine rings is 1. The maximum Gasteiger partial charge on any atom is 0.335 e. The van der Waals surface area contributed by atoms with Crippen LogP contribution in [0.1, 0.15) is 15.9 Å². The lowest BCUT2D eigenvalue weighted by Gasteiger charge is -2.12. The van der Waals surface area contributed by atoms with Gasteiger partial charge in [0.1, 0.15) is 0 Å². The van der Waals surface area contributed by atoms with Gasteiger partial charge in [-0.15, -0.1) is 0 Å². The van der Waals surface area contributed by atoms with E-state index in [9.17, 15) is 4.79 Å². The van der Waals surface area contributed by atoms with Gasteiger partial charge in [0, 0.05) is 18.3 Å². The molecule has 20 heavy (non-hydrogen) atoms. The molecule has 1 aromatic heterocycles. The molecule has 0 atom stereocenters. The molecule has 6 nitrogen and oxygen atoms in total. The average molecular weight is 274 g/mol. The van der Waals surface area contributed by atoms with Crippen LogP contribution in [0.5, 0.6) is 17.4 Å². The third kappa shape index (κ3) is 2.86. The maximum atomic E-state index is 10.9. The minimum atomic E-state index is -1.03. The summed E-state index contributed by atoms with van der Waals surface area (Å²) in [4.78, 5) is 15.0. The van der Waals surface area contributed by atoms with Crippen LogP contribution >= 0.6 is 0 Å². The number of rotatable bonds is 5. The Kier molecular flexibility index (Phi) is 4.17. The van der Waals surface area contributed by atoms with Crippen LogP contribution in [-0.2, 0) is 6.54 Å². The summed E-state index contributed by atoms with van der Waals surface area (Å²) in [6.45, 7) is 0.290. The molecule has 0 fully saturated rings. The molecule has 0 saturated heterocycles. The number of carbonyl (C=O) groups is 1. The van der Waals surface area contributed by atoms with Gasteiger partial charge < -0.3 is 20.3 Å². The first kappa shape index (κ1) is 13.8. The fourth-order valence-corrected chi connectivity index (χ4v) is 1.66. The summed E-state index contributed by atoms with van der Waals surface area (Å²) in [6, 6.07) is 7.92. The molecule has 0 radical (unpaired) electrons. The van der Waals surface area contributed by atoms with Gasteiger partial charge in [-0.2, -0.15) is 0 Å². The molecule has 2 rings (SSSR count). The quantitative estimate of drug-likeness (QED) is 0.866. The second kappa shape index (κ2) is 6.03. The Morgan fingerprint density at radius 1 is 1.35 bits per heavy atom. The van der Waals surface area contributed by atoms with Crippen molar-refractivity contribution < 1.29 is 19.4 Å². The van der Waals surface area contributed by atoms with E-state index in [-0.39, 0.29) is 5.56 Å². The van der Waals surface area contributed by atoms with Gasteiger partial charge in [0.15, 0.2) is 11.5 Å². The van der Waals surface area contributed by atoms with Crippen LogP contribution in [0.15, 0.2) is 36.5 Å². The molecule has 0 aliphatic carbocycles. The van der Waals surface area contributed by atoms with E-state index in [1.54, 1.807) is 18.3 Å². The molecule has 0 aliphatic rings. The summed E-state index contributed by atoms with van der Waals surface area (Å²) < 4.78 is 10.8. The number of aromatic carboxylic acids is 1. The Hall–Kier alpha value is -2.60. The molecule has 6 heteroatoms. The second-order valence-electron chi connectivity index (χ2n) is 3.94. The smallest absolute Gasteiger partial charge is 0.335 e. The maximum absolute atomic E-state index is 10.9. The summed E-state index contributed by atoms with van der Waals surface area (Å²) in [6.07, 6.45) is 1.59. The number of carboxylic acids is 1. The fourth-order valence-electron chi connectivity index (χ4n) is 1.66. The number of aromatic nitrogens is 1. The molecule has 0 spiro atoms. The molecular formula is C14H14N2O4. The van der Waals surface area contributed by atoms with Gasteiger partial charge in [-0.05, 0) is 24.3 Å². The van der Waals surface area contributed by atoms with Crippen molar-refractivity contribution in [1.82, 2.24) is 4.98 Å². The van der Waals surface area contributed by atoms with E-state index in [0.717, 1.165) is 5.56 Å². The van der Waals surface area contributed by atoms with E-state index in [1.807, 2.05) is 0 Å². The fraction of sp³-hybridized carbons (Fsp3) is 0.143. The summed E-state index contributed by atoms with van der Waals surface area (Å²) in [5.41, 5.74) is 6.48. The highest BCUT2D eigenvalue weighted by molar-refractivity contribution is 5.88. The highest BCUT2D eigenvalue weighted by Gasteiger charge is 2.12. The minimum Gasteiger partial charge on any atom is -0.493 e. The van der Waals surface area contributed by atoms with Crippen molar-refractivity contribution in [2.45, 2.75) is 6.54 Å². The van der Waals surface area contributed by atoms with Crippen LogP contribution < -0.4 is 15.2 Å². The summed E-state index contributed by atoms with van der Waals surface area (Å²) >= 11 is 0. The minimum absolute atomic E-state index is 0.120. The Balaban J connectivity index is 2.36. The number of carboxylic acid groups (broad SMARTS) is 1. The highest BCUT2D eigenvalue weighted by Crippen LogP contribution is 2.32. The number of hydrogen-bond acceptors (Lipinski definition) is 5. The lowest BCUT2D eigenvalue weighted by atomic mass is 10.2. The normalized spacial score (nSPS) is 10.1. The largest absolute Gasteiger partial charge is 0.493 e. The van der Waals surface area contributed by atoms with Crippen molar-refractivity contribution in [2.75, 3.05) is 7.11 Å². The number of nitrogens with zero attached hydrogens (tertiary/aromatic N) is 1. The highest BCUT2D eigenvalue weighted by atomic mass is 16.5. The Bertz CT molecular complexity index is 628. The zero-order chi connectivity index (χ0) is 14.5. The number of hydrogen-bond donors (Lipinski definition) is 2. The molecular weight excluding hydrogens is 260 g/mol. The average Bonchev–Trinajstić information content (AvgIpc) is 2.48. The first-order valence-electron chi connectivity index (χ1n) is 5.89. The van der Waals surface area contributed by atoms with Crippen molar-refractivity contribution >= 4 is 5.97 Å². The first-order valence-corrected chi connectivity index (χ1v) is 5.89. The third-order valence-corrected chi connectivity index (χ3v) is 2.69. The predicted octanol–water partition coefficient (Wildman–Crippen LogP) is 2.04. The van der Waals surface area contributed by atoms with Crippen molar-refractivity contribution in [3.05, 3.63) is 47.7 Å². The van der Waals surface area contributed by atoms with E-state index in [4.69, 9.17) is 20.3 Å². The van der Waals surface area contributed by atoms with Gasteiger partial charge in [0.2, 0.25) is 5.88 Å². The molecule has 0 saturated carbocycles. The van der Waals surface area contributed by atoms with Crippen molar-refractivity contribution in [1.29, 1.82) is 0 Å². The monoisotopic (exact) mass is 274 g/mol. The molecule has 104 valence electrons. The van der Waals surface area contributed by atoms with Gasteiger partial charge >= 0.3 is 5.97 Å². The SMILES string of the molecule is COc1cc(C(=O)O)ccc1Oc1ncccc1CN. The van der Waals surface area contributed by atoms with Gasteiger partial charge in [-0.1, -0.05) is 6.07 Å². The predicted molar refractivity (Wildman–Crippen MR) is 72.2 cm³/mol. The van der Waals surface area contributed by atoms with Crippen molar-refractivity contribution in [3.8, 4) is 17.4 Å². The molecule has 3 N–H and O–H groups in total. The van der Waals surface area contributed by atoms with E-state index >= 15 is 0 Å². The van der Waals surface area contributed by atoms with Crippen LogP contribution in [0.25, 0.3) is 0 Å². The molecule has 1 heterocycles. The van der Waals surface area contributed by atoms with Crippen LogP contribution in [0.4, 0.5) is 0 Å². The van der Waals surface area contributed by atoms with E-state index in [2.05, 4.69) is 4.98 Å².